The van der Waals surface area contributed by atoms with Gasteiger partial charge in [-0.05, 0) is 23.1 Å². The largest absolute Gasteiger partial charge is 0.386 e. The zero-order valence-corrected chi connectivity index (χ0v) is 15.6. The fraction of sp³-hybridized carbons (Fsp3) is 0.333. The molecular weight excluding hydrogens is 376 g/mol. The van der Waals surface area contributed by atoms with Crippen LogP contribution in [0.3, 0.4) is 0 Å². The van der Waals surface area contributed by atoms with Crippen LogP contribution >= 0.6 is 15.9 Å². The number of aliphatic hydroxyl groups is 1. The quantitative estimate of drug-likeness (QED) is 0.739. The lowest BCUT2D eigenvalue weighted by Crippen LogP contribution is -2.39. The summed E-state index contributed by atoms with van der Waals surface area (Å²) >= 11 is 3.29. The highest BCUT2D eigenvalue weighted by Gasteiger charge is 2.45. The summed E-state index contributed by atoms with van der Waals surface area (Å²) in [4.78, 5) is 0. The normalized spacial score (nSPS) is 15.8. The van der Waals surface area contributed by atoms with Gasteiger partial charge in [-0.15, -0.1) is 0 Å². The highest BCUT2D eigenvalue weighted by Crippen LogP contribution is 2.42. The molecule has 0 aliphatic carbocycles. The minimum absolute atomic E-state index is 0.0226. The first kappa shape index (κ1) is 18.2. The Morgan fingerprint density at radius 2 is 1.52 bits per heavy atom. The minimum Gasteiger partial charge on any atom is -0.386 e. The third kappa shape index (κ3) is 3.52. The Hall–Kier alpha value is -1.17. The molecule has 0 radical (unpaired) electrons. The lowest BCUT2D eigenvalue weighted by molar-refractivity contribution is 0.160. The Kier molecular flexibility index (Phi) is 5.65. The van der Waals surface area contributed by atoms with Crippen LogP contribution in [0.1, 0.15) is 31.9 Å². The third-order valence-electron chi connectivity index (χ3n) is 4.12. The second-order valence-corrected chi connectivity index (χ2v) is 9.91. The molecule has 2 aromatic carbocycles. The van der Waals surface area contributed by atoms with Crippen molar-refractivity contribution in [2.45, 2.75) is 30.0 Å². The van der Waals surface area contributed by atoms with Crippen molar-refractivity contribution >= 4 is 25.8 Å². The monoisotopic (exact) mass is 396 g/mol. The third-order valence-corrected chi connectivity index (χ3v) is 8.90. The molecule has 3 nitrogen and oxygen atoms in total. The zero-order chi connectivity index (χ0) is 17.1. The molecule has 0 heterocycles. The van der Waals surface area contributed by atoms with E-state index >= 15 is 0 Å². The van der Waals surface area contributed by atoms with E-state index < -0.39 is 19.6 Å². The van der Waals surface area contributed by atoms with Gasteiger partial charge >= 0.3 is 0 Å². The Bertz CT molecular complexity index is 742. The van der Waals surface area contributed by atoms with Gasteiger partial charge in [0.05, 0.1) is 0 Å². The number of hydrogen-bond acceptors (Lipinski definition) is 3. The first-order valence-electron chi connectivity index (χ1n) is 7.60. The lowest BCUT2D eigenvalue weighted by Gasteiger charge is -2.31. The molecule has 0 aliphatic heterocycles. The summed E-state index contributed by atoms with van der Waals surface area (Å²) in [5, 5.41) is 10.6. The summed E-state index contributed by atoms with van der Waals surface area (Å²) in [5.41, 5.74) is 2.69. The lowest BCUT2D eigenvalue weighted by atomic mass is 10.00. The average Bonchev–Trinajstić information content (AvgIpc) is 2.61. The Balaban J connectivity index is 2.35. The Labute approximate surface area is 146 Å². The fourth-order valence-electron chi connectivity index (χ4n) is 2.56. The van der Waals surface area contributed by atoms with Gasteiger partial charge in [-0.2, -0.15) is 0 Å². The van der Waals surface area contributed by atoms with E-state index in [0.29, 0.717) is 5.56 Å². The van der Waals surface area contributed by atoms with Crippen molar-refractivity contribution in [3.8, 4) is 11.1 Å². The van der Waals surface area contributed by atoms with Gasteiger partial charge in [-0.25, -0.2) is 8.42 Å². The number of benzene rings is 2. The fourth-order valence-corrected chi connectivity index (χ4v) is 4.91. The van der Waals surface area contributed by atoms with Gasteiger partial charge in [0.15, 0.2) is 13.5 Å². The van der Waals surface area contributed by atoms with Crippen LogP contribution in [0.25, 0.3) is 11.1 Å². The van der Waals surface area contributed by atoms with Crippen LogP contribution in [0.5, 0.6) is 0 Å². The SMILES string of the molecule is CC[C@@](Br)([C@H](O)c1ccc(-c2ccccc2)cc1)S(=O)(=O)CC. The Morgan fingerprint density at radius 3 is 2.00 bits per heavy atom. The number of halogens is 1. The molecule has 0 bridgehead atoms. The molecule has 0 aliphatic rings. The van der Waals surface area contributed by atoms with E-state index in [1.807, 2.05) is 42.5 Å². The van der Waals surface area contributed by atoms with Gasteiger partial charge in [0.2, 0.25) is 0 Å². The van der Waals surface area contributed by atoms with Gasteiger partial charge in [-0.1, -0.05) is 84.4 Å². The molecule has 0 spiro atoms. The van der Waals surface area contributed by atoms with Crippen molar-refractivity contribution in [3.63, 3.8) is 0 Å². The van der Waals surface area contributed by atoms with Crippen LogP contribution in [0.4, 0.5) is 0 Å². The van der Waals surface area contributed by atoms with Crippen molar-refractivity contribution in [2.24, 2.45) is 0 Å². The summed E-state index contributed by atoms with van der Waals surface area (Å²) in [6.45, 7) is 3.34. The van der Waals surface area contributed by atoms with E-state index in [1.165, 1.54) is 0 Å². The highest BCUT2D eigenvalue weighted by atomic mass is 79.9. The number of alkyl halides is 1. The predicted octanol–water partition coefficient (Wildman–Crippen LogP) is 4.32. The maximum Gasteiger partial charge on any atom is 0.168 e. The van der Waals surface area contributed by atoms with Crippen molar-refractivity contribution in [1.29, 1.82) is 0 Å². The predicted molar refractivity (Wildman–Crippen MR) is 98.2 cm³/mol. The molecule has 0 saturated heterocycles. The number of sulfone groups is 1. The van der Waals surface area contributed by atoms with Crippen LogP contribution < -0.4 is 0 Å². The second-order valence-electron chi connectivity index (χ2n) is 5.43. The Morgan fingerprint density at radius 1 is 1.00 bits per heavy atom. The van der Waals surface area contributed by atoms with Gasteiger partial charge in [-0.3, -0.25) is 0 Å². The number of rotatable bonds is 6. The molecule has 2 rings (SSSR count). The number of aliphatic hydroxyl groups excluding tert-OH is 1. The molecule has 0 saturated carbocycles. The second kappa shape index (κ2) is 7.16. The molecular formula is C18H21BrO3S. The van der Waals surface area contributed by atoms with E-state index in [-0.39, 0.29) is 12.2 Å². The molecule has 124 valence electrons. The van der Waals surface area contributed by atoms with Gasteiger partial charge in [0.25, 0.3) is 0 Å². The van der Waals surface area contributed by atoms with Gasteiger partial charge in [0, 0.05) is 5.75 Å². The van der Waals surface area contributed by atoms with Crippen LogP contribution in [0, 0.1) is 0 Å². The summed E-state index contributed by atoms with van der Waals surface area (Å²) in [7, 11) is -3.45. The molecule has 1 N–H and O–H groups in total. The molecule has 2 atom stereocenters. The average molecular weight is 397 g/mol. The molecule has 0 unspecified atom stereocenters. The maximum atomic E-state index is 12.3. The van der Waals surface area contributed by atoms with Gasteiger partial charge < -0.3 is 5.11 Å². The standard InChI is InChI=1S/C18H21BrO3S/c1-3-18(19,23(21,22)4-2)17(20)16-12-10-15(11-13-16)14-8-6-5-7-9-14/h5-13,17,20H,3-4H2,1-2H3/t17-,18+/m1/s1. The minimum atomic E-state index is -3.45. The smallest absolute Gasteiger partial charge is 0.168 e. The van der Waals surface area contributed by atoms with E-state index in [0.717, 1.165) is 11.1 Å². The topological polar surface area (TPSA) is 54.4 Å². The van der Waals surface area contributed by atoms with E-state index in [9.17, 15) is 13.5 Å². The van der Waals surface area contributed by atoms with Crippen LogP contribution in [0.15, 0.2) is 54.6 Å². The van der Waals surface area contributed by atoms with Gasteiger partial charge in [0.1, 0.15) is 6.10 Å². The first-order chi connectivity index (χ1) is 10.9. The summed E-state index contributed by atoms with van der Waals surface area (Å²) in [5.74, 6) is -0.0226. The molecule has 23 heavy (non-hydrogen) atoms. The first-order valence-corrected chi connectivity index (χ1v) is 10.0. The zero-order valence-electron chi connectivity index (χ0n) is 13.2. The summed E-state index contributed by atoms with van der Waals surface area (Å²) in [6.07, 6.45) is -0.840. The van der Waals surface area contributed by atoms with E-state index in [1.54, 1.807) is 26.0 Å². The molecule has 0 aromatic heterocycles. The van der Waals surface area contributed by atoms with Crippen molar-refractivity contribution in [1.82, 2.24) is 0 Å². The number of hydrogen-bond donors (Lipinski definition) is 1. The molecule has 0 fully saturated rings. The van der Waals surface area contributed by atoms with E-state index in [4.69, 9.17) is 0 Å². The van der Waals surface area contributed by atoms with E-state index in [2.05, 4.69) is 15.9 Å². The molecule has 5 heteroatoms. The van der Waals surface area contributed by atoms with Crippen molar-refractivity contribution in [3.05, 3.63) is 60.2 Å². The van der Waals surface area contributed by atoms with Crippen molar-refractivity contribution < 1.29 is 13.5 Å². The van der Waals surface area contributed by atoms with Crippen LogP contribution in [-0.2, 0) is 9.84 Å². The van der Waals surface area contributed by atoms with Crippen molar-refractivity contribution in [2.75, 3.05) is 5.75 Å². The highest BCUT2D eigenvalue weighted by molar-refractivity contribution is 9.11. The molecule has 2 aromatic rings. The maximum absolute atomic E-state index is 12.3. The van der Waals surface area contributed by atoms with Crippen LogP contribution in [-0.4, -0.2) is 22.9 Å². The summed E-state index contributed by atoms with van der Waals surface area (Å²) < 4.78 is 23.3. The van der Waals surface area contributed by atoms with Crippen LogP contribution in [0.2, 0.25) is 0 Å². The molecule has 0 amide bonds. The summed E-state index contributed by atoms with van der Waals surface area (Å²) in [6, 6.07) is 17.3.